The summed E-state index contributed by atoms with van der Waals surface area (Å²) in [4.78, 5) is 2.56. The molecule has 1 unspecified atom stereocenters. The van der Waals surface area contributed by atoms with E-state index in [1.54, 1.807) is 0 Å². The van der Waals surface area contributed by atoms with E-state index in [-0.39, 0.29) is 0 Å². The van der Waals surface area contributed by atoms with Crippen LogP contribution in [-0.2, 0) is 0 Å². The van der Waals surface area contributed by atoms with E-state index in [4.69, 9.17) is 11.6 Å². The summed E-state index contributed by atoms with van der Waals surface area (Å²) in [6, 6.07) is 6.48. The molecule has 104 valence electrons. The third-order valence-corrected chi connectivity index (χ3v) is 4.66. The number of piperidine rings is 2. The number of benzene rings is 1. The summed E-state index contributed by atoms with van der Waals surface area (Å²) in [7, 11) is 0. The predicted molar refractivity (Wildman–Crippen MR) is 82.4 cm³/mol. The van der Waals surface area contributed by atoms with Crippen LogP contribution in [0, 0.1) is 0 Å². The third-order valence-electron chi connectivity index (χ3n) is 4.42. The lowest BCUT2D eigenvalue weighted by molar-refractivity contribution is 0.460. The fourth-order valence-corrected chi connectivity index (χ4v) is 3.57. The molecule has 2 aliphatic rings. The van der Waals surface area contributed by atoms with Gasteiger partial charge in [-0.25, -0.2) is 0 Å². The number of nitrogens with one attached hydrogen (secondary N) is 1. The second-order valence-electron chi connectivity index (χ2n) is 5.79. The predicted octanol–water partition coefficient (Wildman–Crippen LogP) is 3.80. The summed E-state index contributed by atoms with van der Waals surface area (Å²) >= 11 is 6.24. The minimum absolute atomic E-state index is 0.629. The number of rotatable bonds is 2. The van der Waals surface area contributed by atoms with Crippen molar-refractivity contribution in [1.82, 2.24) is 5.32 Å². The summed E-state index contributed by atoms with van der Waals surface area (Å²) < 4.78 is 0. The van der Waals surface area contributed by atoms with Crippen LogP contribution in [-0.4, -0.2) is 26.2 Å². The lowest BCUT2D eigenvalue weighted by Crippen LogP contribution is -2.33. The van der Waals surface area contributed by atoms with Gasteiger partial charge in [0.2, 0.25) is 0 Å². The summed E-state index contributed by atoms with van der Waals surface area (Å²) in [5.74, 6) is 0.629. The van der Waals surface area contributed by atoms with Crippen LogP contribution in [0.4, 0.5) is 5.69 Å². The zero-order valence-electron chi connectivity index (χ0n) is 11.5. The van der Waals surface area contributed by atoms with Crippen LogP contribution in [0.15, 0.2) is 18.2 Å². The number of hydrogen-bond acceptors (Lipinski definition) is 2. The van der Waals surface area contributed by atoms with E-state index in [9.17, 15) is 0 Å². The number of anilines is 1. The molecule has 1 aromatic rings. The minimum atomic E-state index is 0.629. The monoisotopic (exact) mass is 278 g/mol. The minimum Gasteiger partial charge on any atom is -0.371 e. The average Bonchev–Trinajstić information content (AvgIpc) is 2.49. The second kappa shape index (κ2) is 6.15. The molecule has 1 aromatic carbocycles. The first kappa shape index (κ1) is 13.3. The summed E-state index contributed by atoms with van der Waals surface area (Å²) in [6.45, 7) is 4.67. The molecule has 2 fully saturated rings. The summed E-state index contributed by atoms with van der Waals surface area (Å²) in [5.41, 5.74) is 2.89. The maximum absolute atomic E-state index is 6.24. The Morgan fingerprint density at radius 1 is 1.11 bits per heavy atom. The van der Waals surface area contributed by atoms with Gasteiger partial charge in [-0.1, -0.05) is 11.6 Å². The second-order valence-corrected chi connectivity index (χ2v) is 6.23. The van der Waals surface area contributed by atoms with Crippen LogP contribution in [0.5, 0.6) is 0 Å². The molecule has 0 bridgehead atoms. The molecule has 0 amide bonds. The van der Waals surface area contributed by atoms with Gasteiger partial charge < -0.3 is 10.2 Å². The maximum Gasteiger partial charge on any atom is 0.0410 e. The Kier molecular flexibility index (Phi) is 4.29. The molecule has 1 N–H and O–H groups in total. The van der Waals surface area contributed by atoms with Gasteiger partial charge >= 0.3 is 0 Å². The topological polar surface area (TPSA) is 15.3 Å². The molecule has 2 nitrogen and oxygen atoms in total. The molecule has 3 rings (SSSR count). The van der Waals surface area contributed by atoms with Crippen molar-refractivity contribution in [2.75, 3.05) is 31.1 Å². The normalized spacial score (nSPS) is 24.5. The Morgan fingerprint density at radius 2 is 1.95 bits per heavy atom. The Hall–Kier alpha value is -0.730. The quantitative estimate of drug-likeness (QED) is 0.885. The highest BCUT2D eigenvalue weighted by Crippen LogP contribution is 2.35. The maximum atomic E-state index is 6.24. The molecule has 0 aliphatic carbocycles. The van der Waals surface area contributed by atoms with E-state index in [2.05, 4.69) is 22.3 Å². The lowest BCUT2D eigenvalue weighted by Gasteiger charge is -2.34. The van der Waals surface area contributed by atoms with Crippen LogP contribution in [0.3, 0.4) is 0 Å². The van der Waals surface area contributed by atoms with Crippen LogP contribution >= 0.6 is 11.6 Å². The van der Waals surface area contributed by atoms with Gasteiger partial charge in [0.15, 0.2) is 0 Å². The summed E-state index contributed by atoms with van der Waals surface area (Å²) in [5, 5.41) is 4.40. The largest absolute Gasteiger partial charge is 0.371 e. The molecular weight excluding hydrogens is 256 g/mol. The Bertz CT molecular complexity index is 421. The third kappa shape index (κ3) is 3.06. The van der Waals surface area contributed by atoms with Crippen LogP contribution in [0.2, 0.25) is 5.02 Å². The molecule has 0 aromatic heterocycles. The Morgan fingerprint density at radius 3 is 2.68 bits per heavy atom. The number of nitrogens with zero attached hydrogens (tertiary/aromatic N) is 1. The molecule has 0 radical (unpaired) electrons. The van der Waals surface area contributed by atoms with Gasteiger partial charge in [-0.3, -0.25) is 0 Å². The van der Waals surface area contributed by atoms with Gasteiger partial charge in [-0.2, -0.15) is 0 Å². The van der Waals surface area contributed by atoms with Gasteiger partial charge in [0.25, 0.3) is 0 Å². The molecule has 0 saturated carbocycles. The van der Waals surface area contributed by atoms with E-state index < -0.39 is 0 Å². The van der Waals surface area contributed by atoms with Gasteiger partial charge in [-0.15, -0.1) is 0 Å². The van der Waals surface area contributed by atoms with Crippen LogP contribution in [0.1, 0.15) is 43.6 Å². The van der Waals surface area contributed by atoms with Crippen molar-refractivity contribution in [3.05, 3.63) is 28.8 Å². The van der Waals surface area contributed by atoms with Gasteiger partial charge in [-0.05, 0) is 68.3 Å². The highest BCUT2D eigenvalue weighted by Gasteiger charge is 2.22. The first-order valence-electron chi connectivity index (χ1n) is 7.60. The van der Waals surface area contributed by atoms with E-state index in [0.29, 0.717) is 5.92 Å². The molecule has 0 spiro atoms. The van der Waals surface area contributed by atoms with Crippen molar-refractivity contribution in [1.29, 1.82) is 0 Å². The van der Waals surface area contributed by atoms with Crippen molar-refractivity contribution in [2.24, 2.45) is 0 Å². The molecule has 2 aliphatic heterocycles. The Balaban J connectivity index is 1.88. The molecule has 3 heteroatoms. The fraction of sp³-hybridized carbons (Fsp3) is 0.625. The molecular formula is C16H23ClN2. The fourth-order valence-electron chi connectivity index (χ4n) is 3.39. The molecule has 2 saturated heterocycles. The zero-order chi connectivity index (χ0) is 13.1. The van der Waals surface area contributed by atoms with Crippen molar-refractivity contribution in [2.45, 2.75) is 38.0 Å². The average molecular weight is 279 g/mol. The molecule has 2 heterocycles. The van der Waals surface area contributed by atoms with E-state index >= 15 is 0 Å². The smallest absolute Gasteiger partial charge is 0.0410 e. The highest BCUT2D eigenvalue weighted by atomic mass is 35.5. The summed E-state index contributed by atoms with van der Waals surface area (Å²) in [6.07, 6.45) is 6.59. The van der Waals surface area contributed by atoms with Gasteiger partial charge in [0, 0.05) is 30.3 Å². The van der Waals surface area contributed by atoms with Crippen molar-refractivity contribution < 1.29 is 0 Å². The number of hydrogen-bond donors (Lipinski definition) is 1. The molecule has 1 atom stereocenters. The SMILES string of the molecule is Clc1ccc(N2CCCCC2)c(C2CCCNC2)c1. The van der Waals surface area contributed by atoms with Gasteiger partial charge in [0.1, 0.15) is 0 Å². The highest BCUT2D eigenvalue weighted by molar-refractivity contribution is 6.30. The van der Waals surface area contributed by atoms with E-state index in [1.807, 2.05) is 6.07 Å². The lowest BCUT2D eigenvalue weighted by atomic mass is 9.89. The van der Waals surface area contributed by atoms with Crippen molar-refractivity contribution in [3.8, 4) is 0 Å². The van der Waals surface area contributed by atoms with Crippen LogP contribution < -0.4 is 10.2 Å². The molecule has 19 heavy (non-hydrogen) atoms. The zero-order valence-corrected chi connectivity index (χ0v) is 12.3. The number of halogens is 1. The first-order valence-corrected chi connectivity index (χ1v) is 7.97. The first-order chi connectivity index (χ1) is 9.34. The van der Waals surface area contributed by atoms with Crippen LogP contribution in [0.25, 0.3) is 0 Å². The van der Waals surface area contributed by atoms with Crippen molar-refractivity contribution >= 4 is 17.3 Å². The van der Waals surface area contributed by atoms with E-state index in [0.717, 1.165) is 18.1 Å². The van der Waals surface area contributed by atoms with E-state index in [1.165, 1.54) is 56.4 Å². The standard InChI is InChI=1S/C16H23ClN2/c17-14-6-7-16(19-9-2-1-3-10-19)15(11-14)13-5-4-8-18-12-13/h6-7,11,13,18H,1-5,8-10,12H2. The van der Waals surface area contributed by atoms with Gasteiger partial charge in [0.05, 0.1) is 0 Å². The Labute approximate surface area is 121 Å². The van der Waals surface area contributed by atoms with Crippen molar-refractivity contribution in [3.63, 3.8) is 0 Å².